The predicted molar refractivity (Wildman–Crippen MR) is 74.8 cm³/mol. The third-order valence-electron chi connectivity index (χ3n) is 3.05. The first-order valence-electron chi connectivity index (χ1n) is 6.34. The summed E-state index contributed by atoms with van der Waals surface area (Å²) >= 11 is 3.03. The minimum Gasteiger partial charge on any atom is -0.382 e. The smallest absolute Gasteiger partial charge is 0.382 e. The molecule has 0 aliphatic rings. The molecule has 0 unspecified atom stereocenters. The fourth-order valence-corrected chi connectivity index (χ4v) is 2.15. The monoisotopic (exact) mass is 355 g/mol. The van der Waals surface area contributed by atoms with Crippen molar-refractivity contribution in [2.45, 2.75) is 39.4 Å². The van der Waals surface area contributed by atoms with E-state index in [0.717, 1.165) is 12.8 Å². The largest absolute Gasteiger partial charge is 0.408 e. The predicted octanol–water partition coefficient (Wildman–Crippen LogP) is 3.42. The zero-order valence-corrected chi connectivity index (χ0v) is 12.9. The van der Waals surface area contributed by atoms with E-state index in [4.69, 9.17) is 0 Å². The van der Waals surface area contributed by atoms with Crippen LogP contribution in [0.3, 0.4) is 0 Å². The normalized spacial score (nSPS) is 11.9. The molecule has 1 aromatic rings. The van der Waals surface area contributed by atoms with Gasteiger partial charge in [-0.05, 0) is 21.8 Å². The molecule has 0 atom stereocenters. The Kier molecular flexibility index (Phi) is 6.04. The molecule has 1 N–H and O–H groups in total. The number of hydrogen-bond donors (Lipinski definition) is 1. The first-order chi connectivity index (χ1) is 9.28. The van der Waals surface area contributed by atoms with Crippen LogP contribution in [0.1, 0.15) is 26.7 Å². The van der Waals surface area contributed by atoms with Crippen LogP contribution in [0, 0.1) is 5.92 Å². The lowest BCUT2D eigenvalue weighted by Crippen LogP contribution is -2.31. The van der Waals surface area contributed by atoms with E-state index in [1.807, 2.05) is 0 Å². The minimum absolute atomic E-state index is 0.0720. The molecule has 0 fully saturated rings. The van der Waals surface area contributed by atoms with E-state index < -0.39 is 18.3 Å². The van der Waals surface area contributed by atoms with E-state index >= 15 is 0 Å². The average molecular weight is 356 g/mol. The maximum Gasteiger partial charge on any atom is 0.408 e. The van der Waals surface area contributed by atoms with Crippen molar-refractivity contribution in [2.75, 3.05) is 11.9 Å². The second-order valence-corrected chi connectivity index (χ2v) is 5.31. The highest BCUT2D eigenvalue weighted by molar-refractivity contribution is 9.10. The van der Waals surface area contributed by atoms with Crippen molar-refractivity contribution in [3.05, 3.63) is 21.0 Å². The molecule has 0 saturated heterocycles. The summed E-state index contributed by atoms with van der Waals surface area (Å²) in [6.07, 6.45) is -1.26. The van der Waals surface area contributed by atoms with Crippen molar-refractivity contribution in [3.8, 4) is 0 Å². The van der Waals surface area contributed by atoms with Crippen LogP contribution in [0.2, 0.25) is 0 Å². The molecule has 0 amide bonds. The molecule has 0 aliphatic carbocycles. The van der Waals surface area contributed by atoms with Crippen LogP contribution in [0.15, 0.2) is 15.5 Å². The molecule has 0 aliphatic heterocycles. The molecule has 4 nitrogen and oxygen atoms in total. The molecular formula is C12H17BrF3N3O. The SMILES string of the molecule is CCC(CC)CNc1cnn(CC(F)(F)F)c(=O)c1Br. The van der Waals surface area contributed by atoms with E-state index in [1.54, 1.807) is 0 Å². The first-order valence-corrected chi connectivity index (χ1v) is 7.14. The van der Waals surface area contributed by atoms with E-state index in [1.165, 1.54) is 6.20 Å². The Morgan fingerprint density at radius 2 is 2.00 bits per heavy atom. The Balaban J connectivity index is 2.87. The zero-order valence-electron chi connectivity index (χ0n) is 11.3. The van der Waals surface area contributed by atoms with Gasteiger partial charge in [0.25, 0.3) is 5.56 Å². The van der Waals surface area contributed by atoms with Gasteiger partial charge >= 0.3 is 6.18 Å². The fraction of sp³-hybridized carbons (Fsp3) is 0.667. The Labute approximate surface area is 123 Å². The van der Waals surface area contributed by atoms with E-state index in [0.29, 0.717) is 22.8 Å². The highest BCUT2D eigenvalue weighted by Crippen LogP contribution is 2.20. The van der Waals surface area contributed by atoms with Crippen molar-refractivity contribution in [1.29, 1.82) is 0 Å². The summed E-state index contributed by atoms with van der Waals surface area (Å²) in [7, 11) is 0. The molecule has 0 radical (unpaired) electrons. The van der Waals surface area contributed by atoms with E-state index in [2.05, 4.69) is 40.2 Å². The molecule has 0 spiro atoms. The van der Waals surface area contributed by atoms with Gasteiger partial charge in [-0.3, -0.25) is 4.79 Å². The van der Waals surface area contributed by atoms with Crippen molar-refractivity contribution < 1.29 is 13.2 Å². The number of aromatic nitrogens is 2. The van der Waals surface area contributed by atoms with Gasteiger partial charge in [0, 0.05) is 6.54 Å². The first kappa shape index (κ1) is 17.0. The van der Waals surface area contributed by atoms with Crippen molar-refractivity contribution in [3.63, 3.8) is 0 Å². The van der Waals surface area contributed by atoms with Gasteiger partial charge < -0.3 is 5.32 Å². The number of nitrogens with zero attached hydrogens (tertiary/aromatic N) is 2. The van der Waals surface area contributed by atoms with Crippen LogP contribution in [0.4, 0.5) is 18.9 Å². The Morgan fingerprint density at radius 1 is 1.40 bits per heavy atom. The highest BCUT2D eigenvalue weighted by Gasteiger charge is 2.29. The number of hydrogen-bond acceptors (Lipinski definition) is 3. The van der Waals surface area contributed by atoms with Gasteiger partial charge in [-0.15, -0.1) is 0 Å². The summed E-state index contributed by atoms with van der Waals surface area (Å²) < 4.78 is 37.3. The molecule has 114 valence electrons. The van der Waals surface area contributed by atoms with E-state index in [9.17, 15) is 18.0 Å². The van der Waals surface area contributed by atoms with Gasteiger partial charge in [-0.25, -0.2) is 4.68 Å². The summed E-state index contributed by atoms with van der Waals surface area (Å²) in [6.45, 7) is 3.38. The quantitative estimate of drug-likeness (QED) is 0.850. The number of anilines is 1. The number of rotatable bonds is 6. The van der Waals surface area contributed by atoms with Crippen LogP contribution in [0.5, 0.6) is 0 Å². The van der Waals surface area contributed by atoms with E-state index in [-0.39, 0.29) is 4.47 Å². The zero-order chi connectivity index (χ0) is 15.3. The van der Waals surface area contributed by atoms with Gasteiger partial charge in [0.15, 0.2) is 0 Å². The summed E-state index contributed by atoms with van der Waals surface area (Å²) in [5, 5.41) is 6.59. The lowest BCUT2D eigenvalue weighted by atomic mass is 10.0. The third kappa shape index (κ3) is 4.81. The topological polar surface area (TPSA) is 46.9 Å². The van der Waals surface area contributed by atoms with Gasteiger partial charge in [-0.1, -0.05) is 26.7 Å². The molecule has 1 heterocycles. The summed E-state index contributed by atoms with van der Waals surface area (Å²) in [5.41, 5.74) is -0.378. The second kappa shape index (κ2) is 7.10. The van der Waals surface area contributed by atoms with Crippen LogP contribution >= 0.6 is 15.9 Å². The van der Waals surface area contributed by atoms with Crippen LogP contribution in [0.25, 0.3) is 0 Å². The number of alkyl halides is 3. The fourth-order valence-electron chi connectivity index (χ4n) is 1.70. The molecule has 1 rings (SSSR count). The van der Waals surface area contributed by atoms with Gasteiger partial charge in [-0.2, -0.15) is 18.3 Å². The minimum atomic E-state index is -4.47. The molecule has 0 bridgehead atoms. The Hall–Kier alpha value is -1.05. The Bertz CT molecular complexity index is 498. The van der Waals surface area contributed by atoms with Crippen molar-refractivity contribution in [1.82, 2.24) is 9.78 Å². The molecule has 0 aromatic carbocycles. The average Bonchev–Trinajstić information content (AvgIpc) is 2.37. The Morgan fingerprint density at radius 3 is 2.50 bits per heavy atom. The van der Waals surface area contributed by atoms with Crippen molar-refractivity contribution in [2.24, 2.45) is 5.92 Å². The summed E-state index contributed by atoms with van der Waals surface area (Å²) in [4.78, 5) is 11.8. The van der Waals surface area contributed by atoms with Crippen LogP contribution in [-0.4, -0.2) is 22.5 Å². The summed E-state index contributed by atoms with van der Waals surface area (Å²) in [6, 6.07) is 0. The lowest BCUT2D eigenvalue weighted by Gasteiger charge is -2.15. The maximum atomic E-state index is 12.3. The van der Waals surface area contributed by atoms with Gasteiger partial charge in [0.1, 0.15) is 11.0 Å². The van der Waals surface area contributed by atoms with Crippen LogP contribution in [-0.2, 0) is 6.54 Å². The van der Waals surface area contributed by atoms with Crippen molar-refractivity contribution >= 4 is 21.6 Å². The molecule has 20 heavy (non-hydrogen) atoms. The maximum absolute atomic E-state index is 12.3. The van der Waals surface area contributed by atoms with Crippen LogP contribution < -0.4 is 10.9 Å². The molecule has 0 saturated carbocycles. The third-order valence-corrected chi connectivity index (χ3v) is 3.82. The van der Waals surface area contributed by atoms with Gasteiger partial charge in [0.2, 0.25) is 0 Å². The number of halogens is 4. The highest BCUT2D eigenvalue weighted by atomic mass is 79.9. The standard InChI is InChI=1S/C12H17BrF3N3O/c1-3-8(4-2)5-17-9-6-18-19(7-12(14,15)16)11(20)10(9)13/h6,8,17H,3-5,7H2,1-2H3. The molecule has 1 aromatic heterocycles. The molecular weight excluding hydrogens is 339 g/mol. The number of nitrogens with one attached hydrogen (secondary N) is 1. The summed E-state index contributed by atoms with van der Waals surface area (Å²) in [5.74, 6) is 0.444. The molecule has 8 heteroatoms. The van der Waals surface area contributed by atoms with Gasteiger partial charge in [0.05, 0.1) is 11.9 Å². The lowest BCUT2D eigenvalue weighted by molar-refractivity contribution is -0.143. The second-order valence-electron chi connectivity index (χ2n) is 4.51.